The Morgan fingerprint density at radius 2 is 1.57 bits per heavy atom. The van der Waals surface area contributed by atoms with Crippen molar-refractivity contribution in [2.24, 2.45) is 0 Å². The lowest BCUT2D eigenvalue weighted by Gasteiger charge is -2.19. The summed E-state index contributed by atoms with van der Waals surface area (Å²) >= 11 is 0. The van der Waals surface area contributed by atoms with Crippen LogP contribution in [0.5, 0.6) is 5.75 Å². The van der Waals surface area contributed by atoms with E-state index in [1.165, 1.54) is 37.7 Å². The van der Waals surface area contributed by atoms with Crippen molar-refractivity contribution in [3.63, 3.8) is 0 Å². The van der Waals surface area contributed by atoms with Crippen LogP contribution in [0.1, 0.15) is 62.7 Å². The Bertz CT molecular complexity index is 551. The van der Waals surface area contributed by atoms with Gasteiger partial charge in [0.05, 0.1) is 12.7 Å². The number of hydrogen-bond acceptors (Lipinski definition) is 2. The number of para-hydroxylation sites is 1. The fraction of sp³-hybridized carbons (Fsp3) is 0.429. The average molecular weight is 312 g/mol. The van der Waals surface area contributed by atoms with Gasteiger partial charge in [0.2, 0.25) is 0 Å². The molecule has 0 saturated heterocycles. The lowest BCUT2D eigenvalue weighted by molar-refractivity contribution is 0.0312. The van der Waals surface area contributed by atoms with E-state index in [9.17, 15) is 5.11 Å². The molecule has 23 heavy (non-hydrogen) atoms. The standard InChI is InChI=1S/C21H28O2/c1-2-3-4-5-9-16-21(18-12-7-6-8-13-18)23-17-19-14-10-11-15-20(19)22/h6-8,10-15,21-22H,2-5,9,16-17H2,1H3. The Balaban J connectivity index is 1.92. The topological polar surface area (TPSA) is 29.5 Å². The summed E-state index contributed by atoms with van der Waals surface area (Å²) in [6, 6.07) is 17.8. The van der Waals surface area contributed by atoms with Crippen LogP contribution in [0, 0.1) is 0 Å². The Hall–Kier alpha value is -1.80. The number of phenolic OH excluding ortho intramolecular Hbond substituents is 1. The van der Waals surface area contributed by atoms with Gasteiger partial charge in [0.25, 0.3) is 0 Å². The number of unbranched alkanes of at least 4 members (excludes halogenated alkanes) is 4. The fourth-order valence-corrected chi connectivity index (χ4v) is 2.77. The molecule has 2 heteroatoms. The molecule has 2 aromatic carbocycles. The molecular weight excluding hydrogens is 284 g/mol. The van der Waals surface area contributed by atoms with E-state index in [1.807, 2.05) is 24.3 Å². The zero-order valence-electron chi connectivity index (χ0n) is 14.1. The Morgan fingerprint density at radius 1 is 0.870 bits per heavy atom. The predicted octanol–water partition coefficient (Wildman–Crippen LogP) is 6.01. The third-order valence-electron chi connectivity index (χ3n) is 4.17. The van der Waals surface area contributed by atoms with E-state index < -0.39 is 0 Å². The SMILES string of the molecule is CCCCCCCC(OCc1ccccc1O)c1ccccc1. The van der Waals surface area contributed by atoms with Crippen LogP contribution in [0.4, 0.5) is 0 Å². The highest BCUT2D eigenvalue weighted by molar-refractivity contribution is 5.31. The van der Waals surface area contributed by atoms with Gasteiger partial charge in [-0.15, -0.1) is 0 Å². The van der Waals surface area contributed by atoms with Crippen molar-refractivity contribution in [3.05, 3.63) is 65.7 Å². The molecule has 124 valence electrons. The first-order valence-corrected chi connectivity index (χ1v) is 8.74. The van der Waals surface area contributed by atoms with Gasteiger partial charge in [0.15, 0.2) is 0 Å². The van der Waals surface area contributed by atoms with E-state index in [4.69, 9.17) is 4.74 Å². The van der Waals surface area contributed by atoms with Crippen LogP contribution in [0.3, 0.4) is 0 Å². The monoisotopic (exact) mass is 312 g/mol. The van der Waals surface area contributed by atoms with E-state index >= 15 is 0 Å². The van der Waals surface area contributed by atoms with Crippen molar-refractivity contribution in [1.29, 1.82) is 0 Å². The fourth-order valence-electron chi connectivity index (χ4n) is 2.77. The first-order chi connectivity index (χ1) is 11.3. The van der Waals surface area contributed by atoms with Crippen LogP contribution in [0.15, 0.2) is 54.6 Å². The van der Waals surface area contributed by atoms with Gasteiger partial charge in [-0.2, -0.15) is 0 Å². The van der Waals surface area contributed by atoms with Crippen LogP contribution in [0.2, 0.25) is 0 Å². The minimum atomic E-state index is 0.0948. The van der Waals surface area contributed by atoms with Gasteiger partial charge in [0, 0.05) is 5.56 Å². The second-order valence-corrected chi connectivity index (χ2v) is 6.04. The highest BCUT2D eigenvalue weighted by atomic mass is 16.5. The van der Waals surface area contributed by atoms with Gasteiger partial charge in [-0.05, 0) is 18.1 Å². The molecule has 0 heterocycles. The molecule has 0 aliphatic rings. The largest absolute Gasteiger partial charge is 0.508 e. The molecular formula is C21H28O2. The minimum absolute atomic E-state index is 0.0948. The maximum atomic E-state index is 9.89. The molecule has 2 rings (SSSR count). The zero-order chi connectivity index (χ0) is 16.3. The van der Waals surface area contributed by atoms with Gasteiger partial charge in [0.1, 0.15) is 5.75 Å². The Morgan fingerprint density at radius 3 is 2.30 bits per heavy atom. The molecule has 0 aromatic heterocycles. The number of hydrogen-bond donors (Lipinski definition) is 1. The number of benzene rings is 2. The second-order valence-electron chi connectivity index (χ2n) is 6.04. The van der Waals surface area contributed by atoms with Gasteiger partial charge >= 0.3 is 0 Å². The minimum Gasteiger partial charge on any atom is -0.508 e. The van der Waals surface area contributed by atoms with Crippen LogP contribution >= 0.6 is 0 Å². The molecule has 1 atom stereocenters. The summed E-state index contributed by atoms with van der Waals surface area (Å²) < 4.78 is 6.14. The van der Waals surface area contributed by atoms with E-state index in [2.05, 4.69) is 31.2 Å². The maximum Gasteiger partial charge on any atom is 0.121 e. The molecule has 0 aliphatic carbocycles. The van der Waals surface area contributed by atoms with Gasteiger partial charge in [-0.25, -0.2) is 0 Å². The number of rotatable bonds is 10. The van der Waals surface area contributed by atoms with E-state index in [0.29, 0.717) is 12.4 Å². The lowest BCUT2D eigenvalue weighted by atomic mass is 10.0. The van der Waals surface area contributed by atoms with Crippen molar-refractivity contribution < 1.29 is 9.84 Å². The summed E-state index contributed by atoms with van der Waals surface area (Å²) in [6.45, 7) is 2.68. The third kappa shape index (κ3) is 6.07. The molecule has 0 fully saturated rings. The van der Waals surface area contributed by atoms with E-state index in [-0.39, 0.29) is 6.10 Å². The van der Waals surface area contributed by atoms with Crippen molar-refractivity contribution in [2.45, 2.75) is 58.2 Å². The second kappa shape index (κ2) is 10.1. The molecule has 0 aliphatic heterocycles. The summed E-state index contributed by atoms with van der Waals surface area (Å²) in [6.07, 6.45) is 7.45. The van der Waals surface area contributed by atoms with Crippen LogP contribution in [-0.4, -0.2) is 5.11 Å². The molecule has 2 nitrogen and oxygen atoms in total. The van der Waals surface area contributed by atoms with Crippen LogP contribution in [-0.2, 0) is 11.3 Å². The summed E-state index contributed by atoms with van der Waals surface area (Å²) in [5.74, 6) is 0.308. The number of ether oxygens (including phenoxy) is 1. The normalized spacial score (nSPS) is 12.2. The molecule has 0 bridgehead atoms. The van der Waals surface area contributed by atoms with Crippen molar-refractivity contribution in [1.82, 2.24) is 0 Å². The molecule has 0 saturated carbocycles. The molecule has 0 radical (unpaired) electrons. The van der Waals surface area contributed by atoms with Crippen molar-refractivity contribution >= 4 is 0 Å². The maximum absolute atomic E-state index is 9.89. The van der Waals surface area contributed by atoms with Crippen LogP contribution in [0.25, 0.3) is 0 Å². The first kappa shape index (κ1) is 17.6. The van der Waals surface area contributed by atoms with Gasteiger partial charge < -0.3 is 9.84 Å². The first-order valence-electron chi connectivity index (χ1n) is 8.74. The van der Waals surface area contributed by atoms with Gasteiger partial charge in [-0.3, -0.25) is 0 Å². The van der Waals surface area contributed by atoms with Gasteiger partial charge in [-0.1, -0.05) is 87.6 Å². The lowest BCUT2D eigenvalue weighted by Crippen LogP contribution is -2.05. The Labute approximate surface area is 140 Å². The quantitative estimate of drug-likeness (QED) is 0.544. The number of aromatic hydroxyl groups is 1. The smallest absolute Gasteiger partial charge is 0.121 e. The predicted molar refractivity (Wildman–Crippen MR) is 95.5 cm³/mol. The molecule has 0 amide bonds. The summed E-state index contributed by atoms with van der Waals surface area (Å²) in [5.41, 5.74) is 2.07. The van der Waals surface area contributed by atoms with Crippen molar-refractivity contribution in [3.8, 4) is 5.75 Å². The third-order valence-corrected chi connectivity index (χ3v) is 4.17. The highest BCUT2D eigenvalue weighted by Crippen LogP contribution is 2.27. The van der Waals surface area contributed by atoms with E-state index in [1.54, 1.807) is 6.07 Å². The summed E-state index contributed by atoms with van der Waals surface area (Å²) in [5, 5.41) is 9.89. The molecule has 2 aromatic rings. The summed E-state index contributed by atoms with van der Waals surface area (Å²) in [4.78, 5) is 0. The Kier molecular flexibility index (Phi) is 7.68. The van der Waals surface area contributed by atoms with E-state index in [0.717, 1.165) is 12.0 Å². The van der Waals surface area contributed by atoms with Crippen LogP contribution < -0.4 is 0 Å². The highest BCUT2D eigenvalue weighted by Gasteiger charge is 2.12. The number of phenols is 1. The summed E-state index contributed by atoms with van der Waals surface area (Å²) in [7, 11) is 0. The molecule has 1 N–H and O–H groups in total. The molecule has 0 spiro atoms. The average Bonchev–Trinajstić information content (AvgIpc) is 2.59. The van der Waals surface area contributed by atoms with Crippen molar-refractivity contribution in [2.75, 3.05) is 0 Å². The molecule has 1 unspecified atom stereocenters. The zero-order valence-corrected chi connectivity index (χ0v) is 14.1.